The lowest BCUT2D eigenvalue weighted by atomic mass is 9.97. The molecule has 2 rings (SSSR count). The second-order valence-corrected chi connectivity index (χ2v) is 6.65. The number of benzene rings is 1. The average Bonchev–Trinajstić information content (AvgIpc) is 2.58. The van der Waals surface area contributed by atoms with Gasteiger partial charge in [-0.2, -0.15) is 0 Å². The molecule has 1 N–H and O–H groups in total. The third-order valence-electron chi connectivity index (χ3n) is 4.54. The van der Waals surface area contributed by atoms with Gasteiger partial charge in [0.05, 0.1) is 0 Å². The molecule has 23 heavy (non-hydrogen) atoms. The summed E-state index contributed by atoms with van der Waals surface area (Å²) in [6.45, 7) is 10.4. The first-order valence-electron chi connectivity index (χ1n) is 8.81. The van der Waals surface area contributed by atoms with E-state index in [9.17, 15) is 4.79 Å². The summed E-state index contributed by atoms with van der Waals surface area (Å²) in [5, 5.41) is 3.39. The Morgan fingerprint density at radius 2 is 2.09 bits per heavy atom. The van der Waals surface area contributed by atoms with Gasteiger partial charge in [-0.1, -0.05) is 32.9 Å². The molecule has 1 aromatic carbocycles. The van der Waals surface area contributed by atoms with E-state index in [1.54, 1.807) is 0 Å². The van der Waals surface area contributed by atoms with Gasteiger partial charge in [0.1, 0.15) is 5.75 Å². The maximum Gasteiger partial charge on any atom is 0.260 e. The molecule has 0 bridgehead atoms. The number of hydrogen-bond acceptors (Lipinski definition) is 3. The number of likely N-dealkylation sites (tertiary alicyclic amines) is 1. The molecule has 0 unspecified atom stereocenters. The van der Waals surface area contributed by atoms with Crippen LogP contribution in [0.5, 0.6) is 5.75 Å². The number of rotatable bonds is 7. The fourth-order valence-electron chi connectivity index (χ4n) is 2.93. The maximum absolute atomic E-state index is 12.3. The monoisotopic (exact) mass is 318 g/mol. The highest BCUT2D eigenvalue weighted by atomic mass is 16.5. The van der Waals surface area contributed by atoms with Gasteiger partial charge in [0.15, 0.2) is 6.61 Å². The number of hydrogen-bond donors (Lipinski definition) is 1. The van der Waals surface area contributed by atoms with Gasteiger partial charge in [-0.3, -0.25) is 4.79 Å². The quantitative estimate of drug-likeness (QED) is 0.840. The molecule has 1 heterocycles. The molecule has 0 aliphatic carbocycles. The first-order chi connectivity index (χ1) is 11.1. The second-order valence-electron chi connectivity index (χ2n) is 6.65. The summed E-state index contributed by atoms with van der Waals surface area (Å²) in [5.41, 5.74) is 1.24. The van der Waals surface area contributed by atoms with E-state index in [1.807, 2.05) is 23.1 Å². The van der Waals surface area contributed by atoms with Crippen LogP contribution >= 0.6 is 0 Å². The molecular formula is C19H30N2O2. The van der Waals surface area contributed by atoms with Gasteiger partial charge in [-0.15, -0.1) is 0 Å². The third-order valence-corrected chi connectivity index (χ3v) is 4.54. The van der Waals surface area contributed by atoms with Crippen molar-refractivity contribution >= 4 is 5.91 Å². The van der Waals surface area contributed by atoms with E-state index >= 15 is 0 Å². The lowest BCUT2D eigenvalue weighted by Gasteiger charge is -2.32. The van der Waals surface area contributed by atoms with Crippen molar-refractivity contribution < 1.29 is 9.53 Å². The third kappa shape index (κ3) is 5.54. The summed E-state index contributed by atoms with van der Waals surface area (Å²) < 4.78 is 5.70. The van der Waals surface area contributed by atoms with Gasteiger partial charge in [-0.25, -0.2) is 0 Å². The molecule has 0 aromatic heterocycles. The van der Waals surface area contributed by atoms with Gasteiger partial charge in [-0.05, 0) is 55.5 Å². The van der Waals surface area contributed by atoms with Crippen LogP contribution in [-0.4, -0.2) is 43.6 Å². The fraction of sp³-hybridized carbons (Fsp3) is 0.632. The largest absolute Gasteiger partial charge is 0.484 e. The second kappa shape index (κ2) is 8.92. The Balaban J connectivity index is 1.76. The highest BCUT2D eigenvalue weighted by Gasteiger charge is 2.22. The van der Waals surface area contributed by atoms with Crippen molar-refractivity contribution in [3.8, 4) is 5.75 Å². The van der Waals surface area contributed by atoms with E-state index in [2.05, 4.69) is 32.2 Å². The average molecular weight is 318 g/mol. The molecule has 1 aromatic rings. The predicted molar refractivity (Wildman–Crippen MR) is 93.9 cm³/mol. The van der Waals surface area contributed by atoms with Gasteiger partial charge < -0.3 is 15.0 Å². The Labute approximate surface area is 140 Å². The van der Waals surface area contributed by atoms with Crippen LogP contribution in [0, 0.1) is 5.92 Å². The molecule has 4 nitrogen and oxygen atoms in total. The predicted octanol–water partition coefficient (Wildman–Crippen LogP) is 3.04. The highest BCUT2D eigenvalue weighted by Crippen LogP contribution is 2.21. The zero-order valence-corrected chi connectivity index (χ0v) is 14.7. The molecule has 0 radical (unpaired) electrons. The molecule has 1 aliphatic heterocycles. The Kier molecular flexibility index (Phi) is 6.90. The minimum atomic E-state index is 0.0989. The number of carbonyl (C=O) groups excluding carboxylic acids is 1. The molecule has 128 valence electrons. The van der Waals surface area contributed by atoms with Crippen molar-refractivity contribution in [1.29, 1.82) is 0 Å². The Hall–Kier alpha value is -1.55. The lowest BCUT2D eigenvalue weighted by Crippen LogP contribution is -2.42. The van der Waals surface area contributed by atoms with E-state index in [1.165, 1.54) is 5.56 Å². The molecule has 4 heteroatoms. The Morgan fingerprint density at radius 3 is 2.74 bits per heavy atom. The summed E-state index contributed by atoms with van der Waals surface area (Å²) in [6, 6.07) is 8.03. The van der Waals surface area contributed by atoms with Crippen LogP contribution in [-0.2, 0) is 4.79 Å². The standard InChI is InChI=1S/C19H30N2O2/c1-4-20-13-16-8-10-21(11-9-16)19(22)14-23-18-7-5-6-17(12-18)15(2)3/h5-7,12,15-16,20H,4,8-11,13-14H2,1-3H3. The number of piperidine rings is 1. The molecule has 0 spiro atoms. The van der Waals surface area contributed by atoms with Crippen molar-refractivity contribution in [3.63, 3.8) is 0 Å². The maximum atomic E-state index is 12.3. The summed E-state index contributed by atoms with van der Waals surface area (Å²) in [4.78, 5) is 14.2. The first kappa shape index (κ1) is 17.8. The first-order valence-corrected chi connectivity index (χ1v) is 8.81. The van der Waals surface area contributed by atoms with Gasteiger partial charge in [0, 0.05) is 13.1 Å². The zero-order chi connectivity index (χ0) is 16.7. The number of ether oxygens (including phenoxy) is 1. The molecule has 0 atom stereocenters. The summed E-state index contributed by atoms with van der Waals surface area (Å²) in [6.07, 6.45) is 2.17. The van der Waals surface area contributed by atoms with Crippen LogP contribution in [0.3, 0.4) is 0 Å². The van der Waals surface area contributed by atoms with Crippen molar-refractivity contribution in [1.82, 2.24) is 10.2 Å². The number of nitrogens with one attached hydrogen (secondary N) is 1. The van der Waals surface area contributed by atoms with Crippen LogP contribution in [0.1, 0.15) is 45.1 Å². The lowest BCUT2D eigenvalue weighted by molar-refractivity contribution is -0.134. The van der Waals surface area contributed by atoms with Crippen molar-refractivity contribution in [2.75, 3.05) is 32.8 Å². The van der Waals surface area contributed by atoms with Crippen LogP contribution in [0.2, 0.25) is 0 Å². The minimum Gasteiger partial charge on any atom is -0.484 e. The van der Waals surface area contributed by atoms with E-state index in [0.717, 1.165) is 44.8 Å². The molecule has 1 saturated heterocycles. The Bertz CT molecular complexity index is 494. The van der Waals surface area contributed by atoms with Crippen molar-refractivity contribution in [3.05, 3.63) is 29.8 Å². The van der Waals surface area contributed by atoms with Gasteiger partial charge in [0.25, 0.3) is 5.91 Å². The Morgan fingerprint density at radius 1 is 1.35 bits per heavy atom. The normalized spacial score (nSPS) is 15.9. The number of carbonyl (C=O) groups is 1. The molecule has 1 fully saturated rings. The van der Waals surface area contributed by atoms with Crippen LogP contribution in [0.15, 0.2) is 24.3 Å². The van der Waals surface area contributed by atoms with Crippen LogP contribution < -0.4 is 10.1 Å². The molecule has 0 saturated carbocycles. The number of amides is 1. The van der Waals surface area contributed by atoms with E-state index in [-0.39, 0.29) is 12.5 Å². The van der Waals surface area contributed by atoms with Crippen molar-refractivity contribution in [2.24, 2.45) is 5.92 Å². The molecule has 1 amide bonds. The summed E-state index contributed by atoms with van der Waals surface area (Å²) >= 11 is 0. The van der Waals surface area contributed by atoms with E-state index in [0.29, 0.717) is 11.8 Å². The SMILES string of the molecule is CCNCC1CCN(C(=O)COc2cccc(C(C)C)c2)CC1. The summed E-state index contributed by atoms with van der Waals surface area (Å²) in [5.74, 6) is 2.04. The van der Waals surface area contributed by atoms with Crippen molar-refractivity contribution in [2.45, 2.75) is 39.5 Å². The van der Waals surface area contributed by atoms with E-state index in [4.69, 9.17) is 4.74 Å². The van der Waals surface area contributed by atoms with Gasteiger partial charge in [0.2, 0.25) is 0 Å². The minimum absolute atomic E-state index is 0.0989. The van der Waals surface area contributed by atoms with Crippen LogP contribution in [0.4, 0.5) is 0 Å². The fourth-order valence-corrected chi connectivity index (χ4v) is 2.93. The zero-order valence-electron chi connectivity index (χ0n) is 14.7. The summed E-state index contributed by atoms with van der Waals surface area (Å²) in [7, 11) is 0. The number of nitrogens with zero attached hydrogens (tertiary/aromatic N) is 1. The molecule has 1 aliphatic rings. The van der Waals surface area contributed by atoms with Gasteiger partial charge >= 0.3 is 0 Å². The molecular weight excluding hydrogens is 288 g/mol. The topological polar surface area (TPSA) is 41.6 Å². The van der Waals surface area contributed by atoms with Crippen LogP contribution in [0.25, 0.3) is 0 Å². The highest BCUT2D eigenvalue weighted by molar-refractivity contribution is 5.77. The van der Waals surface area contributed by atoms with E-state index < -0.39 is 0 Å². The smallest absolute Gasteiger partial charge is 0.260 e.